The average Bonchev–Trinajstić information content (AvgIpc) is 2.95. The van der Waals surface area contributed by atoms with E-state index in [9.17, 15) is 31.9 Å². The fourth-order valence-electron chi connectivity index (χ4n) is 3.12. The molecule has 2 N–H and O–H groups in total. The first-order chi connectivity index (χ1) is 15.0. The van der Waals surface area contributed by atoms with Crippen molar-refractivity contribution in [1.29, 1.82) is 0 Å². The first-order valence-electron chi connectivity index (χ1n) is 9.47. The van der Waals surface area contributed by atoms with Gasteiger partial charge in [-0.3, -0.25) is 14.5 Å². The van der Waals surface area contributed by atoms with Crippen LogP contribution in [0.4, 0.5) is 22.4 Å². The number of urea groups is 1. The Morgan fingerprint density at radius 3 is 2.31 bits per heavy atom. The number of carbonyl (C=O) groups is 3. The van der Waals surface area contributed by atoms with Crippen LogP contribution in [0.15, 0.2) is 48.5 Å². The Morgan fingerprint density at radius 2 is 1.72 bits per heavy atom. The maximum Gasteiger partial charge on any atom is 0.416 e. The van der Waals surface area contributed by atoms with Crippen molar-refractivity contribution in [2.75, 3.05) is 19.7 Å². The van der Waals surface area contributed by atoms with Crippen LogP contribution in [0.1, 0.15) is 18.1 Å². The third kappa shape index (κ3) is 4.98. The van der Waals surface area contributed by atoms with Crippen molar-refractivity contribution in [3.8, 4) is 5.75 Å². The van der Waals surface area contributed by atoms with Crippen molar-refractivity contribution in [2.45, 2.75) is 18.6 Å². The molecule has 0 radical (unpaired) electrons. The standard InChI is InChI=1S/C21H19F4N3O4/c1-20(13-2-6-15(22)7-3-13)18(30)28(19(31)27-20)12-17(29)26-10-11-32-16-8-4-14(5-9-16)21(23,24)25/h2-9H,10-12H2,1H3,(H,26,29)(H,27,31). The van der Waals surface area contributed by atoms with Gasteiger partial charge in [0.15, 0.2) is 0 Å². The quantitative estimate of drug-likeness (QED) is 0.384. The molecule has 1 unspecified atom stereocenters. The molecule has 1 saturated heterocycles. The molecule has 0 saturated carbocycles. The van der Waals surface area contributed by atoms with Crippen molar-refractivity contribution < 1.29 is 36.7 Å². The van der Waals surface area contributed by atoms with E-state index in [1.165, 1.54) is 19.1 Å². The second-order valence-corrected chi connectivity index (χ2v) is 7.17. The molecule has 32 heavy (non-hydrogen) atoms. The van der Waals surface area contributed by atoms with Crippen LogP contribution in [0.5, 0.6) is 5.75 Å². The number of halogens is 4. The van der Waals surface area contributed by atoms with E-state index in [1.54, 1.807) is 0 Å². The molecule has 1 aliphatic rings. The van der Waals surface area contributed by atoms with Gasteiger partial charge in [-0.15, -0.1) is 0 Å². The van der Waals surface area contributed by atoms with E-state index in [4.69, 9.17) is 4.74 Å². The highest BCUT2D eigenvalue weighted by atomic mass is 19.4. The molecule has 170 valence electrons. The first kappa shape index (κ1) is 23.0. The summed E-state index contributed by atoms with van der Waals surface area (Å²) >= 11 is 0. The molecule has 2 aromatic rings. The van der Waals surface area contributed by atoms with Gasteiger partial charge in [-0.25, -0.2) is 9.18 Å². The van der Waals surface area contributed by atoms with E-state index in [0.29, 0.717) is 5.56 Å². The highest BCUT2D eigenvalue weighted by Crippen LogP contribution is 2.30. The van der Waals surface area contributed by atoms with Gasteiger partial charge < -0.3 is 15.4 Å². The van der Waals surface area contributed by atoms with Crippen molar-refractivity contribution in [2.24, 2.45) is 0 Å². The number of alkyl halides is 3. The third-order valence-corrected chi connectivity index (χ3v) is 4.87. The highest BCUT2D eigenvalue weighted by molar-refractivity contribution is 6.09. The maximum atomic E-state index is 13.2. The molecule has 1 aliphatic heterocycles. The van der Waals surface area contributed by atoms with Crippen LogP contribution >= 0.6 is 0 Å². The molecule has 1 atom stereocenters. The monoisotopic (exact) mass is 453 g/mol. The summed E-state index contributed by atoms with van der Waals surface area (Å²) in [6, 6.07) is 8.37. The minimum atomic E-state index is -4.45. The summed E-state index contributed by atoms with van der Waals surface area (Å²) in [6.07, 6.45) is -4.45. The average molecular weight is 453 g/mol. The van der Waals surface area contributed by atoms with E-state index in [-0.39, 0.29) is 18.9 Å². The minimum Gasteiger partial charge on any atom is -0.492 e. The lowest BCUT2D eigenvalue weighted by atomic mass is 9.92. The number of nitrogens with one attached hydrogen (secondary N) is 2. The van der Waals surface area contributed by atoms with E-state index in [2.05, 4.69) is 10.6 Å². The predicted molar refractivity (Wildman–Crippen MR) is 104 cm³/mol. The van der Waals surface area contributed by atoms with Crippen molar-refractivity contribution in [1.82, 2.24) is 15.5 Å². The van der Waals surface area contributed by atoms with Gasteiger partial charge in [0.2, 0.25) is 5.91 Å². The van der Waals surface area contributed by atoms with Crippen LogP contribution in [0.2, 0.25) is 0 Å². The van der Waals surface area contributed by atoms with Gasteiger partial charge in [0.25, 0.3) is 5.91 Å². The molecular weight excluding hydrogens is 434 g/mol. The summed E-state index contributed by atoms with van der Waals surface area (Å²) in [7, 11) is 0. The van der Waals surface area contributed by atoms with Crippen LogP contribution in [-0.4, -0.2) is 42.4 Å². The molecular formula is C21H19F4N3O4. The number of benzene rings is 2. The zero-order valence-corrected chi connectivity index (χ0v) is 16.8. The van der Waals surface area contributed by atoms with Gasteiger partial charge in [-0.1, -0.05) is 12.1 Å². The summed E-state index contributed by atoms with van der Waals surface area (Å²) in [5, 5.41) is 4.97. The summed E-state index contributed by atoms with van der Waals surface area (Å²) in [5.74, 6) is -1.60. The number of rotatable bonds is 7. The summed E-state index contributed by atoms with van der Waals surface area (Å²) in [5.41, 5.74) is -1.87. The zero-order valence-electron chi connectivity index (χ0n) is 16.8. The Labute approximate surface area is 180 Å². The maximum absolute atomic E-state index is 13.2. The van der Waals surface area contributed by atoms with E-state index < -0.39 is 47.5 Å². The molecule has 0 aromatic heterocycles. The number of amides is 4. The smallest absolute Gasteiger partial charge is 0.416 e. The molecule has 1 heterocycles. The van der Waals surface area contributed by atoms with Gasteiger partial charge in [0, 0.05) is 0 Å². The molecule has 2 aromatic carbocycles. The largest absolute Gasteiger partial charge is 0.492 e. The molecule has 0 bridgehead atoms. The number of imide groups is 1. The Hall–Kier alpha value is -3.63. The van der Waals surface area contributed by atoms with Crippen LogP contribution in [-0.2, 0) is 21.3 Å². The molecule has 0 aliphatic carbocycles. The summed E-state index contributed by atoms with van der Waals surface area (Å²) in [4.78, 5) is 37.8. The Bertz CT molecular complexity index is 1010. The lowest BCUT2D eigenvalue weighted by Gasteiger charge is -2.22. The number of hydrogen-bond donors (Lipinski definition) is 2. The predicted octanol–water partition coefficient (Wildman–Crippen LogP) is 2.81. The molecule has 4 amide bonds. The van der Waals surface area contributed by atoms with Gasteiger partial charge in [0.05, 0.1) is 12.1 Å². The molecule has 3 rings (SSSR count). The van der Waals surface area contributed by atoms with Crippen LogP contribution < -0.4 is 15.4 Å². The van der Waals surface area contributed by atoms with Crippen LogP contribution in [0.25, 0.3) is 0 Å². The van der Waals surface area contributed by atoms with Gasteiger partial charge in [-0.05, 0) is 48.9 Å². The van der Waals surface area contributed by atoms with Crippen molar-refractivity contribution in [3.05, 3.63) is 65.5 Å². The highest BCUT2D eigenvalue weighted by Gasteiger charge is 2.49. The van der Waals surface area contributed by atoms with Gasteiger partial charge in [-0.2, -0.15) is 13.2 Å². The number of hydrogen-bond acceptors (Lipinski definition) is 4. The van der Waals surface area contributed by atoms with E-state index >= 15 is 0 Å². The summed E-state index contributed by atoms with van der Waals surface area (Å²) < 4.78 is 56.0. The number of nitrogens with zero attached hydrogens (tertiary/aromatic N) is 1. The fourth-order valence-corrected chi connectivity index (χ4v) is 3.12. The van der Waals surface area contributed by atoms with Gasteiger partial charge >= 0.3 is 12.2 Å². The molecule has 11 heteroatoms. The van der Waals surface area contributed by atoms with Crippen molar-refractivity contribution >= 4 is 17.8 Å². The second kappa shape index (κ2) is 8.85. The van der Waals surface area contributed by atoms with Crippen molar-refractivity contribution in [3.63, 3.8) is 0 Å². The Kier molecular flexibility index (Phi) is 6.37. The summed E-state index contributed by atoms with van der Waals surface area (Å²) in [6.45, 7) is 0.876. The molecule has 0 spiro atoms. The Morgan fingerprint density at radius 1 is 1.09 bits per heavy atom. The number of ether oxygens (including phenoxy) is 1. The lowest BCUT2D eigenvalue weighted by molar-refractivity contribution is -0.137. The van der Waals surface area contributed by atoms with Crippen LogP contribution in [0, 0.1) is 5.82 Å². The number of carbonyl (C=O) groups excluding carboxylic acids is 3. The second-order valence-electron chi connectivity index (χ2n) is 7.17. The fraction of sp³-hybridized carbons (Fsp3) is 0.286. The third-order valence-electron chi connectivity index (χ3n) is 4.87. The Balaban J connectivity index is 1.49. The van der Waals surface area contributed by atoms with Gasteiger partial charge in [0.1, 0.15) is 30.3 Å². The normalized spacial score (nSPS) is 18.5. The lowest BCUT2D eigenvalue weighted by Crippen LogP contribution is -2.43. The minimum absolute atomic E-state index is 0.00125. The molecule has 1 fully saturated rings. The molecule has 7 nitrogen and oxygen atoms in total. The van der Waals surface area contributed by atoms with E-state index in [1.807, 2.05) is 0 Å². The first-order valence-corrected chi connectivity index (χ1v) is 9.47. The zero-order chi connectivity index (χ0) is 23.5. The van der Waals surface area contributed by atoms with E-state index in [0.717, 1.165) is 41.3 Å². The van der Waals surface area contributed by atoms with Crippen LogP contribution in [0.3, 0.4) is 0 Å². The SMILES string of the molecule is CC1(c2ccc(F)cc2)NC(=O)N(CC(=O)NCCOc2ccc(C(F)(F)F)cc2)C1=O. The topological polar surface area (TPSA) is 87.7 Å².